The number of rotatable bonds is 18. The van der Waals surface area contributed by atoms with Crippen LogP contribution in [-0.4, -0.2) is 67.6 Å². The minimum Gasteiger partial charge on any atom is -0.493 e. The first-order chi connectivity index (χ1) is 23.7. The van der Waals surface area contributed by atoms with Crippen LogP contribution in [0.4, 0.5) is 22.7 Å². The van der Waals surface area contributed by atoms with E-state index in [2.05, 4.69) is 160 Å². The zero-order chi connectivity index (χ0) is 35.5. The lowest BCUT2D eigenvalue weighted by Gasteiger charge is -2.31. The van der Waals surface area contributed by atoms with Crippen LogP contribution in [0.1, 0.15) is 76.0 Å². The summed E-state index contributed by atoms with van der Waals surface area (Å²) in [6, 6.07) is 30.4. The van der Waals surface area contributed by atoms with Crippen molar-refractivity contribution in [1.29, 1.82) is 0 Å². The van der Waals surface area contributed by atoms with Crippen molar-refractivity contribution >= 4 is 22.7 Å². The van der Waals surface area contributed by atoms with E-state index in [1.807, 2.05) is 13.8 Å². The molecule has 0 saturated carbocycles. The maximum absolute atomic E-state index is 7.46. The molecule has 4 rings (SSSR count). The topological polar surface area (TPSA) is 40.7 Å². The van der Waals surface area contributed by atoms with Crippen LogP contribution in [0.5, 0.6) is 11.5 Å². The van der Waals surface area contributed by atoms with Crippen LogP contribution in [0, 0.1) is 0 Å². The van der Waals surface area contributed by atoms with Crippen LogP contribution < -0.4 is 29.1 Å². The van der Waals surface area contributed by atoms with Gasteiger partial charge in [0.15, 0.2) is 0 Å². The molecule has 2 atom stereocenters. The number of hydrogen-bond acceptors (Lipinski definition) is 7. The van der Waals surface area contributed by atoms with E-state index in [9.17, 15) is 0 Å². The highest BCUT2D eigenvalue weighted by Crippen LogP contribution is 2.44. The van der Waals surface area contributed by atoms with Crippen molar-refractivity contribution < 1.29 is 14.2 Å². The van der Waals surface area contributed by atoms with Crippen molar-refractivity contribution in [3.05, 3.63) is 107 Å². The molecule has 4 aromatic rings. The molecule has 0 aliphatic rings. The van der Waals surface area contributed by atoms with Crippen LogP contribution >= 0.6 is 0 Å². The first-order valence-electron chi connectivity index (χ1n) is 17.9. The molecular formula is C42H58N4O3. The van der Waals surface area contributed by atoms with Crippen molar-refractivity contribution in [3.8, 4) is 11.5 Å². The monoisotopic (exact) mass is 666 g/mol. The Morgan fingerprint density at radius 2 is 0.776 bits per heavy atom. The lowest BCUT2D eigenvalue weighted by atomic mass is 9.96. The summed E-state index contributed by atoms with van der Waals surface area (Å²) in [6.07, 6.45) is -0.863. The molecular weight excluding hydrogens is 608 g/mol. The van der Waals surface area contributed by atoms with Crippen LogP contribution in [0.25, 0.3) is 0 Å². The third kappa shape index (κ3) is 9.01. The van der Waals surface area contributed by atoms with E-state index in [-0.39, 0.29) is 0 Å². The normalized spacial score (nSPS) is 12.3. The second-order valence-electron chi connectivity index (χ2n) is 12.5. The summed E-state index contributed by atoms with van der Waals surface area (Å²) in [6.45, 7) is 17.6. The van der Waals surface area contributed by atoms with Gasteiger partial charge >= 0.3 is 0 Å². The molecule has 0 aliphatic carbocycles. The Bertz CT molecular complexity index is 1460. The third-order valence-electron chi connectivity index (χ3n) is 9.11. The van der Waals surface area contributed by atoms with Gasteiger partial charge in [0.25, 0.3) is 0 Å². The summed E-state index contributed by atoms with van der Waals surface area (Å²) < 4.78 is 20.3. The van der Waals surface area contributed by atoms with Crippen molar-refractivity contribution in [2.45, 2.75) is 53.8 Å². The molecule has 264 valence electrons. The maximum Gasteiger partial charge on any atom is 0.127 e. The Balaban J connectivity index is 1.95. The van der Waals surface area contributed by atoms with Crippen LogP contribution in [0.3, 0.4) is 0 Å². The minimum atomic E-state index is -0.432. The summed E-state index contributed by atoms with van der Waals surface area (Å²) in [5.41, 5.74) is 8.62. The van der Waals surface area contributed by atoms with E-state index >= 15 is 0 Å². The largest absolute Gasteiger partial charge is 0.493 e. The van der Waals surface area contributed by atoms with Gasteiger partial charge in [0, 0.05) is 100 Å². The summed E-state index contributed by atoms with van der Waals surface area (Å²) in [5.74, 6) is 1.66. The predicted molar refractivity (Wildman–Crippen MR) is 209 cm³/mol. The highest BCUT2D eigenvalue weighted by atomic mass is 16.5. The van der Waals surface area contributed by atoms with E-state index < -0.39 is 12.2 Å². The first kappa shape index (κ1) is 37.5. The smallest absolute Gasteiger partial charge is 0.127 e. The number of hydrogen-bond donors (Lipinski definition) is 0. The standard InChI is InChI=1S/C42H58N4O3/c1-11-45(12-2)35-25-27-37(39(29-35)47-15-5)41(31-17-21-33(22-18-31)43(7)8)49-42(32-19-23-34(24-20-32)44(9)10)38-28-26-36(46(13-3)14-4)30-40(38)48-16-6/h17-30,41-42H,11-16H2,1-10H3. The Morgan fingerprint density at radius 1 is 0.449 bits per heavy atom. The van der Waals surface area contributed by atoms with Gasteiger partial charge in [0.1, 0.15) is 23.7 Å². The Hall–Kier alpha value is -4.36. The fourth-order valence-corrected chi connectivity index (χ4v) is 6.30. The number of anilines is 4. The van der Waals surface area contributed by atoms with Gasteiger partial charge < -0.3 is 33.8 Å². The summed E-state index contributed by atoms with van der Waals surface area (Å²) in [4.78, 5) is 8.92. The summed E-state index contributed by atoms with van der Waals surface area (Å²) in [7, 11) is 8.25. The molecule has 0 N–H and O–H groups in total. The number of nitrogens with zero attached hydrogens (tertiary/aromatic N) is 4. The van der Waals surface area contributed by atoms with Crippen molar-refractivity contribution in [2.75, 3.05) is 87.2 Å². The third-order valence-corrected chi connectivity index (χ3v) is 9.11. The molecule has 0 spiro atoms. The predicted octanol–water partition coefficient (Wildman–Crippen LogP) is 9.20. The highest BCUT2D eigenvalue weighted by Gasteiger charge is 2.29. The van der Waals surface area contributed by atoms with Crippen molar-refractivity contribution in [2.24, 2.45) is 0 Å². The quantitative estimate of drug-likeness (QED) is 0.105. The highest BCUT2D eigenvalue weighted by molar-refractivity contribution is 5.58. The lowest BCUT2D eigenvalue weighted by Crippen LogP contribution is -2.22. The summed E-state index contributed by atoms with van der Waals surface area (Å²) >= 11 is 0. The molecule has 0 radical (unpaired) electrons. The molecule has 0 bridgehead atoms. The minimum absolute atomic E-state index is 0.432. The van der Waals surface area contributed by atoms with Gasteiger partial charge in [0.2, 0.25) is 0 Å². The molecule has 0 saturated heterocycles. The molecule has 0 aromatic heterocycles. The first-order valence-corrected chi connectivity index (χ1v) is 17.9. The van der Waals surface area contributed by atoms with Gasteiger partial charge in [-0.2, -0.15) is 0 Å². The number of ether oxygens (including phenoxy) is 3. The molecule has 0 heterocycles. The van der Waals surface area contributed by atoms with Crippen molar-refractivity contribution in [3.63, 3.8) is 0 Å². The van der Waals surface area contributed by atoms with Gasteiger partial charge in [-0.25, -0.2) is 0 Å². The Kier molecular flexibility index (Phi) is 13.7. The van der Waals surface area contributed by atoms with Crippen molar-refractivity contribution in [1.82, 2.24) is 0 Å². The number of benzene rings is 4. The van der Waals surface area contributed by atoms with E-state index in [4.69, 9.17) is 14.2 Å². The van der Waals surface area contributed by atoms with Gasteiger partial charge in [-0.05, 0) is 89.1 Å². The molecule has 0 fully saturated rings. The second-order valence-corrected chi connectivity index (χ2v) is 12.5. The van der Waals surface area contributed by atoms with E-state index in [0.29, 0.717) is 13.2 Å². The van der Waals surface area contributed by atoms with Gasteiger partial charge in [-0.15, -0.1) is 0 Å². The van der Waals surface area contributed by atoms with E-state index in [1.165, 1.54) is 0 Å². The molecule has 0 aliphatic heterocycles. The lowest BCUT2D eigenvalue weighted by molar-refractivity contribution is 0.0278. The maximum atomic E-state index is 7.46. The summed E-state index contributed by atoms with van der Waals surface area (Å²) in [5, 5.41) is 0. The Labute approximate surface area is 296 Å². The second kappa shape index (κ2) is 17.9. The molecule has 4 aromatic carbocycles. The molecule has 7 heteroatoms. The molecule has 7 nitrogen and oxygen atoms in total. The average molecular weight is 667 g/mol. The fraction of sp³-hybridized carbons (Fsp3) is 0.429. The zero-order valence-electron chi connectivity index (χ0n) is 31.5. The van der Waals surface area contributed by atoms with Crippen LogP contribution in [0.2, 0.25) is 0 Å². The molecule has 0 amide bonds. The zero-order valence-corrected chi connectivity index (χ0v) is 31.5. The van der Waals surface area contributed by atoms with Gasteiger partial charge in [-0.1, -0.05) is 36.4 Å². The fourth-order valence-electron chi connectivity index (χ4n) is 6.30. The van der Waals surface area contributed by atoms with Gasteiger partial charge in [-0.3, -0.25) is 0 Å². The molecule has 49 heavy (non-hydrogen) atoms. The van der Waals surface area contributed by atoms with E-state index in [1.54, 1.807) is 0 Å². The average Bonchev–Trinajstić information content (AvgIpc) is 3.11. The van der Waals surface area contributed by atoms with Crippen LogP contribution in [0.15, 0.2) is 84.9 Å². The Morgan fingerprint density at radius 3 is 1.06 bits per heavy atom. The van der Waals surface area contributed by atoms with E-state index in [0.717, 1.165) is 82.7 Å². The van der Waals surface area contributed by atoms with Crippen LogP contribution in [-0.2, 0) is 4.74 Å². The SMILES string of the molecule is CCOc1cc(N(CC)CC)ccc1C(OC(c1ccc(N(C)C)cc1)c1ccc(N(CC)CC)cc1OCC)c1ccc(N(C)C)cc1. The molecule has 2 unspecified atom stereocenters. The van der Waals surface area contributed by atoms with Gasteiger partial charge in [0.05, 0.1) is 13.2 Å².